The molecule has 1 amide bonds. The topological polar surface area (TPSA) is 64.0 Å². The molecule has 0 aliphatic heterocycles. The van der Waals surface area contributed by atoms with Gasteiger partial charge < -0.3 is 5.32 Å². The van der Waals surface area contributed by atoms with Crippen molar-refractivity contribution in [1.29, 1.82) is 0 Å². The minimum absolute atomic E-state index is 0.119. The number of carbonyl (C=O) groups is 1. The van der Waals surface area contributed by atoms with Crippen LogP contribution in [-0.4, -0.2) is 15.5 Å². The molecule has 22 heavy (non-hydrogen) atoms. The van der Waals surface area contributed by atoms with Gasteiger partial charge in [-0.15, -0.1) is 0 Å². The molecule has 2 aromatic rings. The van der Waals surface area contributed by atoms with Crippen molar-refractivity contribution in [3.05, 3.63) is 56.2 Å². The SMILES string of the molecule is CCc1cc(=O)n(CC(=O)Nc2cc(Cl)cc(Cl)c2)c(C)n1. The normalized spacial score (nSPS) is 10.5. The summed E-state index contributed by atoms with van der Waals surface area (Å²) in [5.74, 6) is 0.151. The zero-order valence-corrected chi connectivity index (χ0v) is 13.7. The van der Waals surface area contributed by atoms with Crippen LogP contribution in [0.5, 0.6) is 0 Å². The summed E-state index contributed by atoms with van der Waals surface area (Å²) in [4.78, 5) is 28.4. The number of anilines is 1. The highest BCUT2D eigenvalue weighted by molar-refractivity contribution is 6.35. The Hall–Kier alpha value is -1.85. The Labute approximate surface area is 137 Å². The van der Waals surface area contributed by atoms with Gasteiger partial charge >= 0.3 is 0 Å². The molecule has 0 saturated heterocycles. The van der Waals surface area contributed by atoms with Gasteiger partial charge in [-0.3, -0.25) is 14.2 Å². The third-order valence-electron chi connectivity index (χ3n) is 3.06. The standard InChI is InChI=1S/C15H15Cl2N3O2/c1-3-12-7-15(22)20(9(2)18-12)8-14(21)19-13-5-10(16)4-11(17)6-13/h4-7H,3,8H2,1-2H3,(H,19,21). The minimum Gasteiger partial charge on any atom is -0.324 e. The second-order valence-electron chi connectivity index (χ2n) is 4.78. The van der Waals surface area contributed by atoms with Gasteiger partial charge in [0.15, 0.2) is 0 Å². The first-order valence-corrected chi connectivity index (χ1v) is 7.48. The average molecular weight is 340 g/mol. The molecule has 0 radical (unpaired) electrons. The summed E-state index contributed by atoms with van der Waals surface area (Å²) in [6.07, 6.45) is 0.671. The number of rotatable bonds is 4. The molecule has 0 fully saturated rings. The number of benzene rings is 1. The summed E-state index contributed by atoms with van der Waals surface area (Å²) in [7, 11) is 0. The van der Waals surface area contributed by atoms with Crippen LogP contribution in [0.1, 0.15) is 18.4 Å². The highest BCUT2D eigenvalue weighted by Gasteiger charge is 2.10. The van der Waals surface area contributed by atoms with Gasteiger partial charge in [0.05, 0.1) is 0 Å². The first-order chi connectivity index (χ1) is 10.4. The number of aromatic nitrogens is 2. The van der Waals surface area contributed by atoms with Crippen molar-refractivity contribution in [2.24, 2.45) is 0 Å². The Morgan fingerprint density at radius 1 is 1.23 bits per heavy atom. The van der Waals surface area contributed by atoms with Crippen LogP contribution >= 0.6 is 23.2 Å². The van der Waals surface area contributed by atoms with Gasteiger partial charge in [-0.05, 0) is 31.5 Å². The summed E-state index contributed by atoms with van der Waals surface area (Å²) in [6, 6.07) is 6.18. The molecular weight excluding hydrogens is 325 g/mol. The Bertz CT molecular complexity index is 752. The fourth-order valence-corrected chi connectivity index (χ4v) is 2.55. The molecule has 0 bridgehead atoms. The quantitative estimate of drug-likeness (QED) is 0.930. The number of amides is 1. The molecule has 2 rings (SSSR count). The maximum absolute atomic E-state index is 12.1. The van der Waals surface area contributed by atoms with Crippen molar-refractivity contribution in [2.75, 3.05) is 5.32 Å². The van der Waals surface area contributed by atoms with Crippen molar-refractivity contribution < 1.29 is 4.79 Å². The lowest BCUT2D eigenvalue weighted by molar-refractivity contribution is -0.116. The Balaban J connectivity index is 2.17. The van der Waals surface area contributed by atoms with Gasteiger partial charge in [-0.2, -0.15) is 0 Å². The summed E-state index contributed by atoms with van der Waals surface area (Å²) in [6.45, 7) is 3.50. The van der Waals surface area contributed by atoms with E-state index in [1.54, 1.807) is 25.1 Å². The van der Waals surface area contributed by atoms with Crippen molar-refractivity contribution >= 4 is 34.8 Å². The molecule has 0 aliphatic carbocycles. The zero-order chi connectivity index (χ0) is 16.3. The number of hydrogen-bond donors (Lipinski definition) is 1. The summed E-state index contributed by atoms with van der Waals surface area (Å²) in [5, 5.41) is 3.50. The summed E-state index contributed by atoms with van der Waals surface area (Å²) < 4.78 is 1.32. The molecule has 0 unspecified atom stereocenters. The smallest absolute Gasteiger partial charge is 0.254 e. The number of hydrogen-bond acceptors (Lipinski definition) is 3. The van der Waals surface area contributed by atoms with Gasteiger partial charge in [0.2, 0.25) is 5.91 Å². The van der Waals surface area contributed by atoms with E-state index in [4.69, 9.17) is 23.2 Å². The third-order valence-corrected chi connectivity index (χ3v) is 3.50. The van der Waals surface area contributed by atoms with E-state index in [0.29, 0.717) is 33.7 Å². The van der Waals surface area contributed by atoms with E-state index in [9.17, 15) is 9.59 Å². The number of halogens is 2. The van der Waals surface area contributed by atoms with Gasteiger partial charge in [0.1, 0.15) is 12.4 Å². The lowest BCUT2D eigenvalue weighted by Crippen LogP contribution is -2.30. The van der Waals surface area contributed by atoms with Crippen molar-refractivity contribution in [3.63, 3.8) is 0 Å². The van der Waals surface area contributed by atoms with E-state index in [1.807, 2.05) is 6.92 Å². The second kappa shape index (κ2) is 6.94. The van der Waals surface area contributed by atoms with Crippen LogP contribution in [0.15, 0.2) is 29.1 Å². The zero-order valence-electron chi connectivity index (χ0n) is 12.2. The van der Waals surface area contributed by atoms with Crippen LogP contribution < -0.4 is 10.9 Å². The van der Waals surface area contributed by atoms with E-state index in [-0.39, 0.29) is 18.0 Å². The van der Waals surface area contributed by atoms with Crippen molar-refractivity contribution in [1.82, 2.24) is 9.55 Å². The van der Waals surface area contributed by atoms with E-state index in [1.165, 1.54) is 10.6 Å². The summed E-state index contributed by atoms with van der Waals surface area (Å²) >= 11 is 11.8. The molecule has 1 heterocycles. The maximum atomic E-state index is 12.1. The van der Waals surface area contributed by atoms with E-state index in [2.05, 4.69) is 10.3 Å². The fraction of sp³-hybridized carbons (Fsp3) is 0.267. The molecule has 5 nitrogen and oxygen atoms in total. The molecule has 1 N–H and O–H groups in total. The fourth-order valence-electron chi connectivity index (χ4n) is 2.02. The van der Waals surface area contributed by atoms with Gasteiger partial charge in [-0.1, -0.05) is 30.1 Å². The molecule has 1 aromatic heterocycles. The monoisotopic (exact) mass is 339 g/mol. The van der Waals surface area contributed by atoms with Crippen LogP contribution in [0, 0.1) is 6.92 Å². The molecule has 1 aromatic carbocycles. The highest BCUT2D eigenvalue weighted by Crippen LogP contribution is 2.22. The Kier molecular flexibility index (Phi) is 5.21. The minimum atomic E-state index is -0.352. The second-order valence-corrected chi connectivity index (χ2v) is 5.65. The average Bonchev–Trinajstić information content (AvgIpc) is 2.41. The number of nitrogens with zero attached hydrogens (tertiary/aromatic N) is 2. The van der Waals surface area contributed by atoms with Crippen molar-refractivity contribution in [2.45, 2.75) is 26.8 Å². The Morgan fingerprint density at radius 3 is 2.41 bits per heavy atom. The molecule has 0 saturated carbocycles. The van der Waals surface area contributed by atoms with E-state index < -0.39 is 0 Å². The first-order valence-electron chi connectivity index (χ1n) is 6.72. The van der Waals surface area contributed by atoms with Crippen LogP contribution in [-0.2, 0) is 17.8 Å². The highest BCUT2D eigenvalue weighted by atomic mass is 35.5. The number of nitrogens with one attached hydrogen (secondary N) is 1. The van der Waals surface area contributed by atoms with Gasteiger partial charge in [0, 0.05) is 27.5 Å². The van der Waals surface area contributed by atoms with Crippen LogP contribution in [0.3, 0.4) is 0 Å². The molecule has 0 spiro atoms. The van der Waals surface area contributed by atoms with Gasteiger partial charge in [0.25, 0.3) is 5.56 Å². The maximum Gasteiger partial charge on any atom is 0.254 e. The Morgan fingerprint density at radius 2 is 1.86 bits per heavy atom. The third kappa shape index (κ3) is 4.08. The number of carbonyl (C=O) groups excluding carboxylic acids is 1. The summed E-state index contributed by atoms with van der Waals surface area (Å²) in [5.41, 5.74) is 0.941. The van der Waals surface area contributed by atoms with E-state index >= 15 is 0 Å². The molecule has 0 aliphatic rings. The van der Waals surface area contributed by atoms with Crippen LogP contribution in [0.4, 0.5) is 5.69 Å². The lowest BCUT2D eigenvalue weighted by atomic mass is 10.3. The van der Waals surface area contributed by atoms with Gasteiger partial charge in [-0.25, -0.2) is 4.98 Å². The molecule has 0 atom stereocenters. The molecule has 116 valence electrons. The predicted molar refractivity (Wildman–Crippen MR) is 87.7 cm³/mol. The number of aryl methyl sites for hydroxylation is 2. The van der Waals surface area contributed by atoms with Crippen LogP contribution in [0.2, 0.25) is 10.0 Å². The molecule has 7 heteroatoms. The van der Waals surface area contributed by atoms with Crippen LogP contribution in [0.25, 0.3) is 0 Å². The van der Waals surface area contributed by atoms with E-state index in [0.717, 1.165) is 0 Å². The van der Waals surface area contributed by atoms with Crippen molar-refractivity contribution in [3.8, 4) is 0 Å². The predicted octanol–water partition coefficient (Wildman–Crippen LogP) is 3.06. The molecular formula is C15H15Cl2N3O2. The largest absolute Gasteiger partial charge is 0.324 e. The lowest BCUT2D eigenvalue weighted by Gasteiger charge is -2.11. The first kappa shape index (κ1) is 16.5.